The Hall–Kier alpha value is -1.68. The minimum absolute atomic E-state index is 0.157. The zero-order valence-corrected chi connectivity index (χ0v) is 12.4. The van der Waals surface area contributed by atoms with Crippen LogP contribution in [0.5, 0.6) is 0 Å². The van der Waals surface area contributed by atoms with Gasteiger partial charge in [0.05, 0.1) is 5.69 Å². The lowest BCUT2D eigenvalue weighted by Gasteiger charge is -2.20. The van der Waals surface area contributed by atoms with Crippen LogP contribution in [-0.2, 0) is 6.42 Å². The molecule has 1 N–H and O–H groups in total. The molecule has 0 saturated carbocycles. The predicted octanol–water partition coefficient (Wildman–Crippen LogP) is 3.71. The summed E-state index contributed by atoms with van der Waals surface area (Å²) in [6.45, 7) is 8.06. The van der Waals surface area contributed by atoms with Crippen LogP contribution >= 0.6 is 0 Å². The highest BCUT2D eigenvalue weighted by Gasteiger charge is 2.18. The van der Waals surface area contributed by atoms with Gasteiger partial charge in [0, 0.05) is 17.6 Å². The van der Waals surface area contributed by atoms with Gasteiger partial charge in [0.25, 0.3) is 0 Å². The quantitative estimate of drug-likeness (QED) is 0.904. The van der Waals surface area contributed by atoms with Gasteiger partial charge in [-0.3, -0.25) is 0 Å². The first kappa shape index (κ1) is 14.7. The molecule has 0 bridgehead atoms. The monoisotopic (exact) mass is 276 g/mol. The predicted molar refractivity (Wildman–Crippen MR) is 77.1 cm³/mol. The van der Waals surface area contributed by atoms with Crippen molar-refractivity contribution in [1.82, 2.24) is 10.5 Å². The van der Waals surface area contributed by atoms with Gasteiger partial charge in [0.1, 0.15) is 11.6 Å². The molecule has 3 nitrogen and oxygen atoms in total. The molecule has 108 valence electrons. The Morgan fingerprint density at radius 2 is 2.05 bits per heavy atom. The van der Waals surface area contributed by atoms with Crippen LogP contribution in [0, 0.1) is 19.7 Å². The van der Waals surface area contributed by atoms with Crippen LogP contribution < -0.4 is 5.32 Å². The van der Waals surface area contributed by atoms with Crippen molar-refractivity contribution in [2.75, 3.05) is 0 Å². The Morgan fingerprint density at radius 3 is 2.65 bits per heavy atom. The molecule has 1 aromatic carbocycles. The molecule has 20 heavy (non-hydrogen) atoms. The van der Waals surface area contributed by atoms with Crippen molar-refractivity contribution >= 4 is 0 Å². The molecule has 2 rings (SSSR count). The first-order valence-corrected chi connectivity index (χ1v) is 6.90. The van der Waals surface area contributed by atoms with Crippen LogP contribution in [0.2, 0.25) is 0 Å². The molecule has 2 atom stereocenters. The first-order chi connectivity index (χ1) is 9.47. The Kier molecular flexibility index (Phi) is 4.55. The summed E-state index contributed by atoms with van der Waals surface area (Å²) in [5, 5.41) is 7.48. The fourth-order valence-corrected chi connectivity index (χ4v) is 2.69. The molecule has 1 heterocycles. The van der Waals surface area contributed by atoms with Gasteiger partial charge in [0.2, 0.25) is 0 Å². The summed E-state index contributed by atoms with van der Waals surface area (Å²) >= 11 is 0. The van der Waals surface area contributed by atoms with Gasteiger partial charge in [-0.05, 0) is 51.8 Å². The van der Waals surface area contributed by atoms with Crippen LogP contribution in [0.3, 0.4) is 0 Å². The lowest BCUT2D eigenvalue weighted by atomic mass is 10.0. The first-order valence-electron chi connectivity index (χ1n) is 6.90. The number of hydrogen-bond donors (Lipinski definition) is 1. The highest BCUT2D eigenvalue weighted by Crippen LogP contribution is 2.21. The minimum atomic E-state index is -0.187. The van der Waals surface area contributed by atoms with E-state index in [1.54, 1.807) is 12.1 Å². The van der Waals surface area contributed by atoms with Crippen LogP contribution in [0.4, 0.5) is 4.39 Å². The molecule has 0 fully saturated rings. The summed E-state index contributed by atoms with van der Waals surface area (Å²) < 4.78 is 18.4. The lowest BCUT2D eigenvalue weighted by molar-refractivity contribution is 0.389. The normalized spacial score (nSPS) is 14.2. The molecule has 0 radical (unpaired) electrons. The van der Waals surface area contributed by atoms with Crippen LogP contribution in [0.15, 0.2) is 28.8 Å². The maximum atomic E-state index is 13.2. The van der Waals surface area contributed by atoms with E-state index in [0.29, 0.717) is 0 Å². The van der Waals surface area contributed by atoms with Crippen LogP contribution in [-0.4, -0.2) is 11.2 Å². The topological polar surface area (TPSA) is 38.1 Å². The number of nitrogens with one attached hydrogen (secondary N) is 1. The van der Waals surface area contributed by atoms with Crippen molar-refractivity contribution in [1.29, 1.82) is 0 Å². The van der Waals surface area contributed by atoms with Crippen LogP contribution in [0.25, 0.3) is 0 Å². The summed E-state index contributed by atoms with van der Waals surface area (Å²) in [7, 11) is 0. The third kappa shape index (κ3) is 3.45. The summed E-state index contributed by atoms with van der Waals surface area (Å²) in [6.07, 6.45) is 0.783. The lowest BCUT2D eigenvalue weighted by Crippen LogP contribution is -2.31. The Morgan fingerprint density at radius 1 is 1.30 bits per heavy atom. The average Bonchev–Trinajstić information content (AvgIpc) is 2.68. The number of rotatable bonds is 5. The molecule has 0 saturated heterocycles. The van der Waals surface area contributed by atoms with Crippen molar-refractivity contribution in [2.45, 2.75) is 46.2 Å². The fraction of sp³-hybridized carbons (Fsp3) is 0.438. The number of hydrogen-bond acceptors (Lipinski definition) is 3. The number of nitrogens with zero attached hydrogens (tertiary/aromatic N) is 1. The third-order valence-corrected chi connectivity index (χ3v) is 3.49. The molecule has 2 unspecified atom stereocenters. The highest BCUT2D eigenvalue weighted by atomic mass is 19.1. The zero-order valence-electron chi connectivity index (χ0n) is 12.4. The van der Waals surface area contributed by atoms with Crippen molar-refractivity contribution in [3.05, 3.63) is 52.7 Å². The van der Waals surface area contributed by atoms with E-state index < -0.39 is 0 Å². The summed E-state index contributed by atoms with van der Waals surface area (Å²) in [5.74, 6) is 0.661. The molecule has 0 spiro atoms. The molecule has 0 aliphatic heterocycles. The van der Waals surface area contributed by atoms with E-state index in [1.807, 2.05) is 19.9 Å². The van der Waals surface area contributed by atoms with E-state index in [-0.39, 0.29) is 17.9 Å². The van der Waals surface area contributed by atoms with E-state index in [4.69, 9.17) is 4.52 Å². The third-order valence-electron chi connectivity index (χ3n) is 3.49. The van der Waals surface area contributed by atoms with Gasteiger partial charge < -0.3 is 9.84 Å². The maximum Gasteiger partial charge on any atom is 0.138 e. The van der Waals surface area contributed by atoms with Gasteiger partial charge in [-0.1, -0.05) is 17.3 Å². The van der Waals surface area contributed by atoms with E-state index >= 15 is 0 Å². The largest absolute Gasteiger partial charge is 0.361 e. The Balaban J connectivity index is 1.99. The summed E-state index contributed by atoms with van der Waals surface area (Å²) in [4.78, 5) is 0. The number of benzene rings is 1. The summed E-state index contributed by atoms with van der Waals surface area (Å²) in [6, 6.07) is 7.13. The van der Waals surface area contributed by atoms with Gasteiger partial charge in [-0.25, -0.2) is 4.39 Å². The van der Waals surface area contributed by atoms with Gasteiger partial charge in [0.15, 0.2) is 0 Å². The van der Waals surface area contributed by atoms with Crippen molar-refractivity contribution in [2.24, 2.45) is 0 Å². The van der Waals surface area contributed by atoms with Crippen molar-refractivity contribution < 1.29 is 8.91 Å². The second-order valence-corrected chi connectivity index (χ2v) is 5.36. The second-order valence-electron chi connectivity index (χ2n) is 5.36. The standard InChI is InChI=1S/C16H21FN2O/c1-10(8-14-6-5-7-15(17)9-14)18-11(2)16-12(3)19-20-13(16)4/h5-7,9-11,18H,8H2,1-4H3. The zero-order chi connectivity index (χ0) is 14.7. The van der Waals surface area contributed by atoms with Gasteiger partial charge >= 0.3 is 0 Å². The molecular formula is C16H21FN2O. The second kappa shape index (κ2) is 6.18. The van der Waals surface area contributed by atoms with E-state index in [2.05, 4.69) is 24.3 Å². The highest BCUT2D eigenvalue weighted by molar-refractivity contribution is 5.24. The van der Waals surface area contributed by atoms with Crippen molar-refractivity contribution in [3.8, 4) is 0 Å². The molecule has 0 aliphatic carbocycles. The molecule has 0 aliphatic rings. The maximum absolute atomic E-state index is 13.2. The fourth-order valence-electron chi connectivity index (χ4n) is 2.69. The molecular weight excluding hydrogens is 255 g/mol. The van der Waals surface area contributed by atoms with Crippen LogP contribution in [0.1, 0.15) is 42.5 Å². The van der Waals surface area contributed by atoms with E-state index in [1.165, 1.54) is 6.07 Å². The minimum Gasteiger partial charge on any atom is -0.361 e. The number of aromatic nitrogens is 1. The Bertz CT molecular complexity index is 560. The smallest absolute Gasteiger partial charge is 0.138 e. The van der Waals surface area contributed by atoms with E-state index in [9.17, 15) is 4.39 Å². The van der Waals surface area contributed by atoms with Crippen molar-refractivity contribution in [3.63, 3.8) is 0 Å². The molecule has 2 aromatic rings. The number of halogens is 1. The molecule has 0 amide bonds. The van der Waals surface area contributed by atoms with Gasteiger partial charge in [-0.15, -0.1) is 0 Å². The van der Waals surface area contributed by atoms with E-state index in [0.717, 1.165) is 29.0 Å². The SMILES string of the molecule is Cc1noc(C)c1C(C)NC(C)Cc1cccc(F)c1. The number of aryl methyl sites for hydroxylation is 2. The van der Waals surface area contributed by atoms with Gasteiger partial charge in [-0.2, -0.15) is 0 Å². The summed E-state index contributed by atoms with van der Waals surface area (Å²) in [5.41, 5.74) is 3.02. The molecule has 4 heteroatoms. The Labute approximate surface area is 119 Å². The average molecular weight is 276 g/mol. The molecule has 1 aromatic heterocycles.